The van der Waals surface area contributed by atoms with E-state index in [9.17, 15) is 13.2 Å². The summed E-state index contributed by atoms with van der Waals surface area (Å²) in [5.74, 6) is 0. The molecule has 18 heavy (non-hydrogen) atoms. The van der Waals surface area contributed by atoms with Gasteiger partial charge >= 0.3 is 16.3 Å². The second-order valence-corrected chi connectivity index (χ2v) is 5.51. The molecule has 0 aromatic rings. The lowest BCUT2D eigenvalue weighted by atomic mass is 10.2. The number of hydrogen-bond donors (Lipinski definition) is 1. The Morgan fingerprint density at radius 2 is 1.94 bits per heavy atom. The van der Waals surface area contributed by atoms with Crippen molar-refractivity contribution in [3.05, 3.63) is 0 Å². The van der Waals surface area contributed by atoms with E-state index in [1.165, 1.54) is 0 Å². The molecule has 0 aliphatic carbocycles. The van der Waals surface area contributed by atoms with E-state index in [4.69, 9.17) is 5.26 Å². The SMILES string of the molecule is COC(=O)NS(=O)(=O)N1CCN(C(C)C#N)CC1. The van der Waals surface area contributed by atoms with E-state index >= 15 is 0 Å². The Morgan fingerprint density at radius 1 is 1.39 bits per heavy atom. The number of rotatable bonds is 3. The molecule has 8 nitrogen and oxygen atoms in total. The van der Waals surface area contributed by atoms with Gasteiger partial charge in [-0.2, -0.15) is 18.0 Å². The number of nitriles is 1. The van der Waals surface area contributed by atoms with Gasteiger partial charge in [0.1, 0.15) is 0 Å². The zero-order chi connectivity index (χ0) is 13.8. The van der Waals surface area contributed by atoms with Gasteiger partial charge in [-0.3, -0.25) is 4.90 Å². The predicted octanol–water partition coefficient (Wildman–Crippen LogP) is -0.883. The fourth-order valence-electron chi connectivity index (χ4n) is 1.62. The summed E-state index contributed by atoms with van der Waals surface area (Å²) in [5, 5.41) is 8.77. The maximum Gasteiger partial charge on any atom is 0.421 e. The molecule has 1 atom stereocenters. The molecule has 1 N–H and O–H groups in total. The molecular weight excluding hydrogens is 260 g/mol. The van der Waals surface area contributed by atoms with E-state index in [0.29, 0.717) is 13.1 Å². The third-order valence-corrected chi connectivity index (χ3v) is 4.22. The summed E-state index contributed by atoms with van der Waals surface area (Å²) in [6.07, 6.45) is -1.01. The van der Waals surface area contributed by atoms with Crippen LogP contribution in [-0.4, -0.2) is 63.0 Å². The molecular formula is C9H16N4O4S. The van der Waals surface area contributed by atoms with Crippen molar-refractivity contribution in [3.8, 4) is 6.07 Å². The van der Waals surface area contributed by atoms with Gasteiger partial charge < -0.3 is 4.74 Å². The molecule has 0 radical (unpaired) electrons. The second kappa shape index (κ2) is 5.99. The lowest BCUT2D eigenvalue weighted by Crippen LogP contribution is -2.54. The van der Waals surface area contributed by atoms with Crippen LogP contribution >= 0.6 is 0 Å². The van der Waals surface area contributed by atoms with Crippen molar-refractivity contribution < 1.29 is 17.9 Å². The van der Waals surface area contributed by atoms with Gasteiger partial charge in [0.05, 0.1) is 19.2 Å². The third-order valence-electron chi connectivity index (χ3n) is 2.75. The monoisotopic (exact) mass is 276 g/mol. The standard InChI is InChI=1S/C9H16N4O4S/c1-8(7-10)12-3-5-13(6-4-12)18(15,16)11-9(14)17-2/h8H,3-6H2,1-2H3,(H,11,14). The first-order chi connectivity index (χ1) is 8.40. The number of carbonyl (C=O) groups excluding carboxylic acids is 1. The number of piperazine rings is 1. The highest BCUT2D eigenvalue weighted by molar-refractivity contribution is 7.87. The summed E-state index contributed by atoms with van der Waals surface area (Å²) in [6.45, 7) is 3.14. The Balaban J connectivity index is 2.58. The molecule has 1 fully saturated rings. The van der Waals surface area contributed by atoms with E-state index in [1.54, 1.807) is 11.6 Å². The van der Waals surface area contributed by atoms with Crippen molar-refractivity contribution in [1.82, 2.24) is 13.9 Å². The third kappa shape index (κ3) is 3.56. The smallest absolute Gasteiger partial charge is 0.421 e. The van der Waals surface area contributed by atoms with E-state index in [1.807, 2.05) is 4.90 Å². The van der Waals surface area contributed by atoms with Crippen LogP contribution in [0.25, 0.3) is 0 Å². The molecule has 1 aliphatic heterocycles. The first kappa shape index (κ1) is 14.7. The molecule has 0 saturated carbocycles. The van der Waals surface area contributed by atoms with Crippen molar-refractivity contribution in [2.75, 3.05) is 33.3 Å². The average molecular weight is 276 g/mol. The minimum absolute atomic E-state index is 0.234. The van der Waals surface area contributed by atoms with Crippen LogP contribution in [0, 0.1) is 11.3 Å². The molecule has 0 spiro atoms. The number of carbonyl (C=O) groups is 1. The fourth-order valence-corrected chi connectivity index (χ4v) is 2.69. The molecule has 0 aromatic heterocycles. The molecule has 1 saturated heterocycles. The van der Waals surface area contributed by atoms with Crippen LogP contribution in [0.2, 0.25) is 0 Å². The van der Waals surface area contributed by atoms with Gasteiger partial charge in [-0.15, -0.1) is 0 Å². The minimum atomic E-state index is -3.85. The molecule has 1 rings (SSSR count). The number of hydrogen-bond acceptors (Lipinski definition) is 6. The van der Waals surface area contributed by atoms with Gasteiger partial charge in [0.15, 0.2) is 0 Å². The van der Waals surface area contributed by atoms with Crippen LogP contribution < -0.4 is 4.72 Å². The van der Waals surface area contributed by atoms with Crippen LogP contribution in [0.3, 0.4) is 0 Å². The molecule has 1 amide bonds. The van der Waals surface area contributed by atoms with Gasteiger partial charge in [-0.25, -0.2) is 9.52 Å². The van der Waals surface area contributed by atoms with Gasteiger partial charge in [-0.1, -0.05) is 0 Å². The summed E-state index contributed by atoms with van der Waals surface area (Å²) < 4.78 is 30.7. The molecule has 1 heterocycles. The number of nitrogens with zero attached hydrogens (tertiary/aromatic N) is 3. The van der Waals surface area contributed by atoms with Crippen molar-refractivity contribution in [2.45, 2.75) is 13.0 Å². The normalized spacial score (nSPS) is 19.8. The van der Waals surface area contributed by atoms with E-state index in [2.05, 4.69) is 10.8 Å². The van der Waals surface area contributed by atoms with Gasteiger partial charge in [0.2, 0.25) is 0 Å². The van der Waals surface area contributed by atoms with Gasteiger partial charge in [-0.05, 0) is 6.92 Å². The molecule has 102 valence electrons. The van der Waals surface area contributed by atoms with E-state index in [0.717, 1.165) is 11.4 Å². The predicted molar refractivity (Wildman–Crippen MR) is 62.7 cm³/mol. The van der Waals surface area contributed by atoms with Crippen molar-refractivity contribution in [3.63, 3.8) is 0 Å². The summed E-state index contributed by atoms with van der Waals surface area (Å²) in [7, 11) is -2.76. The lowest BCUT2D eigenvalue weighted by Gasteiger charge is -2.34. The summed E-state index contributed by atoms with van der Waals surface area (Å²) >= 11 is 0. The zero-order valence-electron chi connectivity index (χ0n) is 10.3. The number of nitrogens with one attached hydrogen (secondary N) is 1. The van der Waals surface area contributed by atoms with E-state index in [-0.39, 0.29) is 19.1 Å². The van der Waals surface area contributed by atoms with Crippen molar-refractivity contribution >= 4 is 16.3 Å². The maximum absolute atomic E-state index is 11.7. The van der Waals surface area contributed by atoms with Crippen molar-refractivity contribution in [2.24, 2.45) is 0 Å². The van der Waals surface area contributed by atoms with Gasteiger partial charge in [0.25, 0.3) is 0 Å². The molecule has 1 aliphatic rings. The Morgan fingerprint density at radius 3 is 2.39 bits per heavy atom. The second-order valence-electron chi connectivity index (χ2n) is 3.84. The summed E-state index contributed by atoms with van der Waals surface area (Å²) in [4.78, 5) is 12.8. The Labute approximate surface area is 106 Å². The first-order valence-corrected chi connectivity index (χ1v) is 6.84. The average Bonchev–Trinajstić information content (AvgIpc) is 2.37. The number of amides is 1. The number of ether oxygens (including phenoxy) is 1. The largest absolute Gasteiger partial charge is 0.452 e. The van der Waals surface area contributed by atoms with Crippen LogP contribution in [0.15, 0.2) is 0 Å². The zero-order valence-corrected chi connectivity index (χ0v) is 11.1. The van der Waals surface area contributed by atoms with Crippen LogP contribution in [0.5, 0.6) is 0 Å². The summed E-state index contributed by atoms with van der Waals surface area (Å²) in [5.41, 5.74) is 0. The fraction of sp³-hybridized carbons (Fsp3) is 0.778. The molecule has 0 aromatic carbocycles. The van der Waals surface area contributed by atoms with Crippen LogP contribution in [0.1, 0.15) is 6.92 Å². The van der Waals surface area contributed by atoms with Crippen molar-refractivity contribution in [1.29, 1.82) is 5.26 Å². The quantitative estimate of drug-likeness (QED) is 0.718. The van der Waals surface area contributed by atoms with Crippen LogP contribution in [0.4, 0.5) is 4.79 Å². The highest BCUT2D eigenvalue weighted by Crippen LogP contribution is 2.08. The number of methoxy groups -OCH3 is 1. The lowest BCUT2D eigenvalue weighted by molar-refractivity contribution is 0.164. The maximum atomic E-state index is 11.7. The molecule has 0 bridgehead atoms. The minimum Gasteiger partial charge on any atom is -0.452 e. The van der Waals surface area contributed by atoms with Crippen LogP contribution in [-0.2, 0) is 14.9 Å². The topological polar surface area (TPSA) is 103 Å². The molecule has 9 heteroatoms. The molecule has 1 unspecified atom stereocenters. The Hall–Kier alpha value is -1.37. The highest BCUT2D eigenvalue weighted by atomic mass is 32.2. The highest BCUT2D eigenvalue weighted by Gasteiger charge is 2.29. The van der Waals surface area contributed by atoms with Gasteiger partial charge in [0, 0.05) is 26.2 Å². The summed E-state index contributed by atoms with van der Waals surface area (Å²) in [6, 6.07) is 1.85. The first-order valence-electron chi connectivity index (χ1n) is 5.40. The van der Waals surface area contributed by atoms with E-state index < -0.39 is 16.3 Å². The Kier molecular flexibility index (Phi) is 4.89. The Bertz CT molecular complexity index is 436.